The average Bonchev–Trinajstić information content (AvgIpc) is 2.35. The highest BCUT2D eigenvalue weighted by Crippen LogP contribution is 2.26. The number of nitrogens with zero attached hydrogens (tertiary/aromatic N) is 2. The van der Waals surface area contributed by atoms with E-state index in [1.165, 1.54) is 20.8 Å². The Labute approximate surface area is 118 Å². The Balaban J connectivity index is 2.98. The number of carboxylic acid groups (broad SMARTS) is 1. The average molecular weight is 305 g/mol. The Bertz CT molecular complexity index is 560. The van der Waals surface area contributed by atoms with Gasteiger partial charge >= 0.3 is 12.1 Å². The third kappa shape index (κ3) is 4.40. The van der Waals surface area contributed by atoms with Crippen LogP contribution in [0.5, 0.6) is 0 Å². The molecule has 0 aliphatic carbocycles. The number of amides is 1. The Morgan fingerprint density at radius 1 is 1.29 bits per heavy atom. The van der Waals surface area contributed by atoms with Crippen LogP contribution in [0.4, 0.5) is 13.2 Å². The summed E-state index contributed by atoms with van der Waals surface area (Å²) in [6.45, 7) is 4.12. The number of carboxylic acids is 1. The number of aliphatic carboxylic acids is 1. The van der Waals surface area contributed by atoms with Crippen molar-refractivity contribution in [2.45, 2.75) is 33.0 Å². The van der Waals surface area contributed by atoms with Crippen molar-refractivity contribution in [3.63, 3.8) is 0 Å². The Morgan fingerprint density at radius 2 is 1.86 bits per heavy atom. The van der Waals surface area contributed by atoms with Gasteiger partial charge < -0.3 is 10.4 Å². The number of carbonyl (C=O) groups is 2. The van der Waals surface area contributed by atoms with Crippen LogP contribution in [0, 0.1) is 12.8 Å². The predicted octanol–water partition coefficient (Wildman–Crippen LogP) is 1.64. The number of aryl methyl sites for hydroxylation is 1. The van der Waals surface area contributed by atoms with Crippen molar-refractivity contribution in [3.8, 4) is 0 Å². The van der Waals surface area contributed by atoms with Gasteiger partial charge in [0.2, 0.25) is 5.82 Å². The van der Waals surface area contributed by atoms with E-state index in [4.69, 9.17) is 5.11 Å². The molecular weight excluding hydrogens is 291 g/mol. The van der Waals surface area contributed by atoms with E-state index in [9.17, 15) is 22.8 Å². The fourth-order valence-corrected chi connectivity index (χ4v) is 1.43. The van der Waals surface area contributed by atoms with E-state index >= 15 is 0 Å². The topological polar surface area (TPSA) is 92.2 Å². The molecule has 9 heteroatoms. The van der Waals surface area contributed by atoms with Crippen molar-refractivity contribution in [3.05, 3.63) is 23.3 Å². The normalized spacial score (nSPS) is 14.4. The molecule has 1 heterocycles. The Kier molecular flexibility index (Phi) is 4.87. The highest BCUT2D eigenvalue weighted by atomic mass is 19.4. The Hall–Kier alpha value is -2.19. The van der Waals surface area contributed by atoms with E-state index in [0.29, 0.717) is 0 Å². The van der Waals surface area contributed by atoms with Gasteiger partial charge in [0.05, 0.1) is 5.92 Å². The van der Waals surface area contributed by atoms with Crippen LogP contribution in [0.2, 0.25) is 0 Å². The van der Waals surface area contributed by atoms with E-state index in [2.05, 4.69) is 15.3 Å². The second-order valence-corrected chi connectivity index (χ2v) is 4.60. The molecule has 21 heavy (non-hydrogen) atoms. The van der Waals surface area contributed by atoms with E-state index in [1.807, 2.05) is 0 Å². The molecule has 0 aliphatic rings. The molecule has 1 amide bonds. The van der Waals surface area contributed by atoms with Crippen LogP contribution in [0.1, 0.15) is 35.9 Å². The van der Waals surface area contributed by atoms with Gasteiger partial charge in [-0.15, -0.1) is 0 Å². The van der Waals surface area contributed by atoms with Crippen LogP contribution in [-0.2, 0) is 11.0 Å². The van der Waals surface area contributed by atoms with Crippen LogP contribution >= 0.6 is 0 Å². The van der Waals surface area contributed by atoms with Gasteiger partial charge in [0.25, 0.3) is 5.91 Å². The number of aromatic nitrogens is 2. The lowest BCUT2D eigenvalue weighted by atomic mass is 10.0. The Morgan fingerprint density at radius 3 is 2.33 bits per heavy atom. The maximum absolute atomic E-state index is 12.6. The van der Waals surface area contributed by atoms with Crippen LogP contribution in [-0.4, -0.2) is 33.0 Å². The molecule has 2 atom stereocenters. The highest BCUT2D eigenvalue weighted by Gasteiger charge is 2.35. The minimum Gasteiger partial charge on any atom is -0.481 e. The maximum atomic E-state index is 12.6. The smallest absolute Gasteiger partial charge is 0.451 e. The van der Waals surface area contributed by atoms with Gasteiger partial charge in [0.15, 0.2) is 0 Å². The maximum Gasteiger partial charge on any atom is 0.451 e. The lowest BCUT2D eigenvalue weighted by Crippen LogP contribution is -2.40. The summed E-state index contributed by atoms with van der Waals surface area (Å²) in [7, 11) is 0. The summed E-state index contributed by atoms with van der Waals surface area (Å²) in [5.74, 6) is -4.31. The SMILES string of the molecule is Cc1cc(C(=O)NC(C)C(C)C(=O)O)nc(C(F)(F)F)n1. The number of carbonyl (C=O) groups excluding carboxylic acids is 1. The number of nitrogens with one attached hydrogen (secondary N) is 1. The summed E-state index contributed by atoms with van der Waals surface area (Å²) in [6.07, 6.45) is -4.76. The molecule has 6 nitrogen and oxygen atoms in total. The van der Waals surface area contributed by atoms with Gasteiger partial charge in [-0.05, 0) is 26.8 Å². The summed E-state index contributed by atoms with van der Waals surface area (Å²) in [5.41, 5.74) is -0.472. The van der Waals surface area contributed by atoms with Crippen molar-refractivity contribution < 1.29 is 27.9 Å². The second-order valence-electron chi connectivity index (χ2n) is 4.60. The molecule has 2 unspecified atom stereocenters. The molecule has 0 bridgehead atoms. The molecular formula is C12H14F3N3O3. The van der Waals surface area contributed by atoms with E-state index in [0.717, 1.165) is 6.07 Å². The standard InChI is InChI=1S/C12H14F3N3O3/c1-5-4-8(18-11(16-5)12(13,14)15)9(19)17-7(3)6(2)10(20)21/h4,6-7H,1-3H3,(H,17,19)(H,20,21). The minimum atomic E-state index is -4.76. The van der Waals surface area contributed by atoms with Gasteiger partial charge in [-0.3, -0.25) is 9.59 Å². The molecule has 0 saturated heterocycles. The van der Waals surface area contributed by atoms with Crippen LogP contribution < -0.4 is 5.32 Å². The third-order valence-corrected chi connectivity index (χ3v) is 2.84. The van der Waals surface area contributed by atoms with E-state index in [1.54, 1.807) is 0 Å². The number of halogens is 3. The molecule has 1 aromatic heterocycles. The van der Waals surface area contributed by atoms with Crippen LogP contribution in [0.25, 0.3) is 0 Å². The fourth-order valence-electron chi connectivity index (χ4n) is 1.43. The molecule has 116 valence electrons. The van der Waals surface area contributed by atoms with E-state index < -0.39 is 41.5 Å². The van der Waals surface area contributed by atoms with Crippen molar-refractivity contribution >= 4 is 11.9 Å². The lowest BCUT2D eigenvalue weighted by molar-refractivity contribution is -0.145. The zero-order valence-electron chi connectivity index (χ0n) is 11.5. The molecule has 1 rings (SSSR count). The summed E-state index contributed by atoms with van der Waals surface area (Å²) in [4.78, 5) is 29.0. The summed E-state index contributed by atoms with van der Waals surface area (Å²) in [6, 6.07) is 0.336. The number of alkyl halides is 3. The first kappa shape index (κ1) is 16.9. The van der Waals surface area contributed by atoms with Gasteiger partial charge in [-0.25, -0.2) is 9.97 Å². The summed E-state index contributed by atoms with van der Waals surface area (Å²) >= 11 is 0. The van der Waals surface area contributed by atoms with Gasteiger partial charge in [-0.1, -0.05) is 0 Å². The van der Waals surface area contributed by atoms with Crippen molar-refractivity contribution in [1.82, 2.24) is 15.3 Å². The van der Waals surface area contributed by atoms with Crippen molar-refractivity contribution in [1.29, 1.82) is 0 Å². The fraction of sp³-hybridized carbons (Fsp3) is 0.500. The first-order chi connectivity index (χ1) is 9.52. The molecule has 0 aliphatic heterocycles. The second kappa shape index (κ2) is 6.06. The molecule has 0 fully saturated rings. The number of hydrogen-bond donors (Lipinski definition) is 2. The number of hydrogen-bond acceptors (Lipinski definition) is 4. The monoisotopic (exact) mass is 305 g/mol. The third-order valence-electron chi connectivity index (χ3n) is 2.84. The zero-order valence-corrected chi connectivity index (χ0v) is 11.5. The van der Waals surface area contributed by atoms with Crippen molar-refractivity contribution in [2.24, 2.45) is 5.92 Å². The quantitative estimate of drug-likeness (QED) is 0.882. The summed E-state index contributed by atoms with van der Waals surface area (Å²) < 4.78 is 37.7. The minimum absolute atomic E-state index is 0.0126. The molecule has 0 spiro atoms. The lowest BCUT2D eigenvalue weighted by Gasteiger charge is -2.17. The van der Waals surface area contributed by atoms with Crippen LogP contribution in [0.15, 0.2) is 6.07 Å². The molecule has 0 saturated carbocycles. The predicted molar refractivity (Wildman–Crippen MR) is 65.5 cm³/mol. The summed E-state index contributed by atoms with van der Waals surface area (Å²) in [5, 5.41) is 11.1. The largest absolute Gasteiger partial charge is 0.481 e. The zero-order chi connectivity index (χ0) is 16.4. The molecule has 2 N–H and O–H groups in total. The van der Waals surface area contributed by atoms with Crippen LogP contribution in [0.3, 0.4) is 0 Å². The highest BCUT2D eigenvalue weighted by molar-refractivity contribution is 5.92. The van der Waals surface area contributed by atoms with E-state index in [-0.39, 0.29) is 5.69 Å². The van der Waals surface area contributed by atoms with Gasteiger partial charge in [-0.2, -0.15) is 13.2 Å². The number of rotatable bonds is 4. The van der Waals surface area contributed by atoms with Gasteiger partial charge in [0, 0.05) is 11.7 Å². The first-order valence-corrected chi connectivity index (χ1v) is 5.99. The first-order valence-electron chi connectivity index (χ1n) is 5.99. The van der Waals surface area contributed by atoms with Gasteiger partial charge in [0.1, 0.15) is 5.69 Å². The molecule has 1 aromatic rings. The molecule has 0 radical (unpaired) electrons. The van der Waals surface area contributed by atoms with Crippen molar-refractivity contribution in [2.75, 3.05) is 0 Å². The molecule has 0 aromatic carbocycles.